The minimum absolute atomic E-state index is 0.00705. The van der Waals surface area contributed by atoms with Gasteiger partial charge in [0, 0.05) is 13.1 Å². The topological polar surface area (TPSA) is 46.6 Å². The summed E-state index contributed by atoms with van der Waals surface area (Å²) < 4.78 is 4.49. The van der Waals surface area contributed by atoms with Crippen molar-refractivity contribution in [2.24, 2.45) is 0 Å². The van der Waals surface area contributed by atoms with Gasteiger partial charge in [0.1, 0.15) is 6.54 Å². The third-order valence-corrected chi connectivity index (χ3v) is 2.26. The molecule has 0 spiro atoms. The first-order chi connectivity index (χ1) is 7.51. The van der Waals surface area contributed by atoms with E-state index in [2.05, 4.69) is 11.7 Å². The van der Waals surface area contributed by atoms with E-state index >= 15 is 0 Å². The second kappa shape index (κ2) is 7.91. The Morgan fingerprint density at radius 2 is 2.00 bits per heavy atom. The minimum atomic E-state index is -0.407. The zero-order valence-corrected chi connectivity index (χ0v) is 10.6. The standard InChI is InChI=1S/C12H21NO3/c1-5-6-7-10(2)8-11(14)13(3)9-12(15)16-4/h8H,5-7,9H2,1-4H3. The molecule has 0 aromatic heterocycles. The van der Waals surface area contributed by atoms with E-state index in [0.717, 1.165) is 24.8 Å². The number of likely N-dealkylation sites (N-methyl/N-ethyl adjacent to an activating group) is 1. The molecule has 4 nitrogen and oxygen atoms in total. The van der Waals surface area contributed by atoms with Crippen LogP contribution in [0, 0.1) is 0 Å². The minimum Gasteiger partial charge on any atom is -0.468 e. The molecule has 0 saturated carbocycles. The largest absolute Gasteiger partial charge is 0.468 e. The Balaban J connectivity index is 4.17. The van der Waals surface area contributed by atoms with Gasteiger partial charge in [-0.25, -0.2) is 0 Å². The van der Waals surface area contributed by atoms with Crippen LogP contribution in [0.3, 0.4) is 0 Å². The lowest BCUT2D eigenvalue weighted by Crippen LogP contribution is -2.31. The maximum Gasteiger partial charge on any atom is 0.325 e. The highest BCUT2D eigenvalue weighted by molar-refractivity contribution is 5.90. The fourth-order valence-electron chi connectivity index (χ4n) is 1.18. The monoisotopic (exact) mass is 227 g/mol. The maximum atomic E-state index is 11.6. The van der Waals surface area contributed by atoms with Gasteiger partial charge < -0.3 is 9.64 Å². The molecule has 0 bridgehead atoms. The number of hydrogen-bond acceptors (Lipinski definition) is 3. The molecule has 0 N–H and O–H groups in total. The second-order valence-corrected chi connectivity index (χ2v) is 3.86. The van der Waals surface area contributed by atoms with E-state index in [9.17, 15) is 9.59 Å². The number of nitrogens with zero attached hydrogens (tertiary/aromatic N) is 1. The quantitative estimate of drug-likeness (QED) is 0.513. The van der Waals surface area contributed by atoms with Gasteiger partial charge in [-0.05, 0) is 19.8 Å². The Morgan fingerprint density at radius 3 is 2.50 bits per heavy atom. The van der Waals surface area contributed by atoms with Crippen molar-refractivity contribution >= 4 is 11.9 Å². The summed E-state index contributed by atoms with van der Waals surface area (Å²) in [7, 11) is 2.89. The summed E-state index contributed by atoms with van der Waals surface area (Å²) in [5.74, 6) is -0.561. The van der Waals surface area contributed by atoms with Gasteiger partial charge in [0.15, 0.2) is 0 Å². The molecule has 0 heterocycles. The Hall–Kier alpha value is -1.32. The van der Waals surface area contributed by atoms with E-state index in [-0.39, 0.29) is 12.5 Å². The fourth-order valence-corrected chi connectivity index (χ4v) is 1.18. The van der Waals surface area contributed by atoms with Crippen molar-refractivity contribution in [1.29, 1.82) is 0 Å². The molecule has 92 valence electrons. The molecule has 0 aliphatic rings. The number of rotatable bonds is 6. The van der Waals surface area contributed by atoms with Crippen LogP contribution in [0.1, 0.15) is 33.1 Å². The van der Waals surface area contributed by atoms with Gasteiger partial charge in [-0.3, -0.25) is 9.59 Å². The van der Waals surface area contributed by atoms with Crippen LogP contribution in [-0.4, -0.2) is 37.5 Å². The van der Waals surface area contributed by atoms with Crippen LogP contribution >= 0.6 is 0 Å². The number of ether oxygens (including phenoxy) is 1. The van der Waals surface area contributed by atoms with Crippen LogP contribution in [0.15, 0.2) is 11.6 Å². The van der Waals surface area contributed by atoms with Gasteiger partial charge in [-0.1, -0.05) is 18.9 Å². The molecule has 4 heteroatoms. The molecular weight excluding hydrogens is 206 g/mol. The van der Waals surface area contributed by atoms with Gasteiger partial charge in [0.05, 0.1) is 7.11 Å². The summed E-state index contributed by atoms with van der Waals surface area (Å²) in [6, 6.07) is 0. The number of amides is 1. The first-order valence-electron chi connectivity index (χ1n) is 5.50. The van der Waals surface area contributed by atoms with E-state index in [1.54, 1.807) is 13.1 Å². The third kappa shape index (κ3) is 6.22. The normalized spacial score (nSPS) is 11.1. The van der Waals surface area contributed by atoms with Crippen LogP contribution in [0.2, 0.25) is 0 Å². The van der Waals surface area contributed by atoms with Crippen molar-refractivity contribution in [2.75, 3.05) is 20.7 Å². The van der Waals surface area contributed by atoms with Gasteiger partial charge in [0.2, 0.25) is 5.91 Å². The highest BCUT2D eigenvalue weighted by Gasteiger charge is 2.10. The van der Waals surface area contributed by atoms with Gasteiger partial charge in [0.25, 0.3) is 0 Å². The molecule has 0 radical (unpaired) electrons. The Morgan fingerprint density at radius 1 is 1.38 bits per heavy atom. The number of esters is 1. The molecule has 16 heavy (non-hydrogen) atoms. The molecule has 0 aromatic carbocycles. The van der Waals surface area contributed by atoms with Crippen molar-refractivity contribution in [3.8, 4) is 0 Å². The number of allylic oxidation sites excluding steroid dienone is 1. The molecule has 0 aliphatic heterocycles. The molecule has 0 atom stereocenters. The first kappa shape index (κ1) is 14.7. The van der Waals surface area contributed by atoms with Gasteiger partial charge in [-0.15, -0.1) is 0 Å². The van der Waals surface area contributed by atoms with E-state index in [1.165, 1.54) is 12.0 Å². The second-order valence-electron chi connectivity index (χ2n) is 3.86. The lowest BCUT2D eigenvalue weighted by atomic mass is 10.1. The zero-order chi connectivity index (χ0) is 12.6. The average molecular weight is 227 g/mol. The number of methoxy groups -OCH3 is 1. The van der Waals surface area contributed by atoms with Crippen LogP contribution in [0.25, 0.3) is 0 Å². The highest BCUT2D eigenvalue weighted by atomic mass is 16.5. The van der Waals surface area contributed by atoms with Crippen molar-refractivity contribution in [3.05, 3.63) is 11.6 Å². The Bertz CT molecular complexity index is 271. The number of unbranched alkanes of at least 4 members (excludes halogenated alkanes) is 1. The molecule has 0 aliphatic carbocycles. The predicted octanol–water partition coefficient (Wildman–Crippen LogP) is 1.75. The van der Waals surface area contributed by atoms with Crippen molar-refractivity contribution in [2.45, 2.75) is 33.1 Å². The van der Waals surface area contributed by atoms with E-state index in [4.69, 9.17) is 0 Å². The summed E-state index contributed by atoms with van der Waals surface area (Å²) in [5, 5.41) is 0. The van der Waals surface area contributed by atoms with Crippen LogP contribution in [0.5, 0.6) is 0 Å². The summed E-state index contributed by atoms with van der Waals surface area (Å²) in [6.45, 7) is 4.03. The molecule has 0 aromatic rings. The zero-order valence-electron chi connectivity index (χ0n) is 10.6. The van der Waals surface area contributed by atoms with E-state index in [1.807, 2.05) is 6.92 Å². The molecule has 0 rings (SSSR count). The summed E-state index contributed by atoms with van der Waals surface area (Å²) in [6.07, 6.45) is 4.70. The highest BCUT2D eigenvalue weighted by Crippen LogP contribution is 2.06. The Kier molecular flexibility index (Phi) is 7.25. The summed E-state index contributed by atoms with van der Waals surface area (Å²) >= 11 is 0. The molecule has 0 saturated heterocycles. The maximum absolute atomic E-state index is 11.6. The first-order valence-corrected chi connectivity index (χ1v) is 5.50. The van der Waals surface area contributed by atoms with Crippen LogP contribution < -0.4 is 0 Å². The summed E-state index contributed by atoms with van der Waals surface area (Å²) in [5.41, 5.74) is 1.04. The summed E-state index contributed by atoms with van der Waals surface area (Å²) in [4.78, 5) is 23.9. The van der Waals surface area contributed by atoms with E-state index < -0.39 is 5.97 Å². The SMILES string of the molecule is CCCCC(C)=CC(=O)N(C)CC(=O)OC. The fraction of sp³-hybridized carbons (Fsp3) is 0.667. The molecule has 1 amide bonds. The van der Waals surface area contributed by atoms with Crippen LogP contribution in [0.4, 0.5) is 0 Å². The molecule has 0 fully saturated rings. The lowest BCUT2D eigenvalue weighted by Gasteiger charge is -2.13. The van der Waals surface area contributed by atoms with Crippen LogP contribution in [-0.2, 0) is 14.3 Å². The third-order valence-electron chi connectivity index (χ3n) is 2.26. The van der Waals surface area contributed by atoms with Crippen molar-refractivity contribution < 1.29 is 14.3 Å². The predicted molar refractivity (Wildman–Crippen MR) is 62.9 cm³/mol. The van der Waals surface area contributed by atoms with Crippen molar-refractivity contribution in [1.82, 2.24) is 4.90 Å². The number of carbonyl (C=O) groups excluding carboxylic acids is 2. The molecule has 0 unspecified atom stereocenters. The van der Waals surface area contributed by atoms with Gasteiger partial charge >= 0.3 is 5.97 Å². The molecular formula is C12H21NO3. The lowest BCUT2D eigenvalue weighted by molar-refractivity contribution is -0.144. The van der Waals surface area contributed by atoms with Crippen molar-refractivity contribution in [3.63, 3.8) is 0 Å². The van der Waals surface area contributed by atoms with E-state index in [0.29, 0.717) is 0 Å². The number of hydrogen-bond donors (Lipinski definition) is 0. The smallest absolute Gasteiger partial charge is 0.325 e. The van der Waals surface area contributed by atoms with Gasteiger partial charge in [-0.2, -0.15) is 0 Å². The number of carbonyl (C=O) groups is 2. The Labute approximate surface area is 97.3 Å². The average Bonchev–Trinajstić information content (AvgIpc) is 2.25.